The molecule has 0 spiro atoms. The molecule has 2 nitrogen and oxygen atoms in total. The lowest BCUT2D eigenvalue weighted by Crippen LogP contribution is -2.25. The van der Waals surface area contributed by atoms with Gasteiger partial charge in [0.05, 0.1) is 12.3 Å². The van der Waals surface area contributed by atoms with Crippen LogP contribution in [-0.2, 0) is 0 Å². The van der Waals surface area contributed by atoms with Crippen molar-refractivity contribution in [2.24, 2.45) is 5.92 Å². The number of hydrogen-bond donors (Lipinski definition) is 0. The molecule has 0 radical (unpaired) electrons. The Kier molecular flexibility index (Phi) is 4.22. The van der Waals surface area contributed by atoms with Gasteiger partial charge in [0.25, 0.3) is 0 Å². The van der Waals surface area contributed by atoms with Crippen molar-refractivity contribution in [1.82, 2.24) is 4.98 Å². The zero-order valence-corrected chi connectivity index (χ0v) is 11.2. The highest BCUT2D eigenvalue weighted by atomic mass is 79.9. The average Bonchev–Trinajstić information content (AvgIpc) is 2.32. The second-order valence-electron chi connectivity index (χ2n) is 4.50. The molecule has 0 amide bonds. The highest BCUT2D eigenvalue weighted by Gasteiger charge is 2.21. The predicted molar refractivity (Wildman–Crippen MR) is 68.6 cm³/mol. The van der Waals surface area contributed by atoms with Gasteiger partial charge in [-0.15, -0.1) is 0 Å². The summed E-state index contributed by atoms with van der Waals surface area (Å²) in [4.78, 5) is 4.18. The van der Waals surface area contributed by atoms with Crippen molar-refractivity contribution in [3.05, 3.63) is 22.9 Å². The van der Waals surface area contributed by atoms with Gasteiger partial charge in [-0.2, -0.15) is 0 Å². The summed E-state index contributed by atoms with van der Waals surface area (Å²) >= 11 is 3.32. The number of aromatic nitrogens is 1. The monoisotopic (exact) mass is 283 g/mol. The fourth-order valence-corrected chi connectivity index (χ4v) is 2.58. The van der Waals surface area contributed by atoms with Crippen LogP contribution in [0.2, 0.25) is 0 Å². The van der Waals surface area contributed by atoms with Crippen LogP contribution in [-0.4, -0.2) is 11.1 Å². The molecule has 0 N–H and O–H groups in total. The lowest BCUT2D eigenvalue weighted by molar-refractivity contribution is 0.121. The van der Waals surface area contributed by atoms with E-state index in [1.807, 2.05) is 12.1 Å². The van der Waals surface area contributed by atoms with Crippen molar-refractivity contribution in [2.75, 3.05) is 0 Å². The highest BCUT2D eigenvalue weighted by Crippen LogP contribution is 2.29. The van der Waals surface area contributed by atoms with E-state index in [0.717, 1.165) is 16.3 Å². The van der Waals surface area contributed by atoms with Gasteiger partial charge in [0.1, 0.15) is 10.4 Å². The molecule has 2 atom stereocenters. The Balaban J connectivity index is 1.91. The van der Waals surface area contributed by atoms with E-state index in [0.29, 0.717) is 6.10 Å². The van der Waals surface area contributed by atoms with Crippen LogP contribution in [0, 0.1) is 5.92 Å². The fraction of sp³-hybridized carbons (Fsp3) is 0.615. The topological polar surface area (TPSA) is 22.1 Å². The quantitative estimate of drug-likeness (QED) is 0.776. The molecule has 1 heterocycles. The SMILES string of the molecule is CCC1CCCC(Oc2ccc(Br)nc2)C1. The van der Waals surface area contributed by atoms with Gasteiger partial charge >= 0.3 is 0 Å². The van der Waals surface area contributed by atoms with Crippen molar-refractivity contribution >= 4 is 15.9 Å². The van der Waals surface area contributed by atoms with Crippen LogP contribution >= 0.6 is 15.9 Å². The van der Waals surface area contributed by atoms with Gasteiger partial charge in [-0.05, 0) is 53.2 Å². The first kappa shape index (κ1) is 11.9. The molecule has 2 unspecified atom stereocenters. The molecule has 0 aliphatic heterocycles. The summed E-state index contributed by atoms with van der Waals surface area (Å²) in [6.07, 6.45) is 8.51. The zero-order valence-electron chi connectivity index (χ0n) is 9.66. The first-order valence-electron chi connectivity index (χ1n) is 6.06. The molecule has 2 rings (SSSR count). The van der Waals surface area contributed by atoms with Crippen LogP contribution in [0.5, 0.6) is 5.75 Å². The minimum Gasteiger partial charge on any atom is -0.489 e. The molecule has 0 aromatic carbocycles. The molecule has 0 saturated heterocycles. The third-order valence-corrected chi connectivity index (χ3v) is 3.78. The fourth-order valence-electron chi connectivity index (χ4n) is 2.34. The second kappa shape index (κ2) is 5.67. The Morgan fingerprint density at radius 3 is 3.00 bits per heavy atom. The largest absolute Gasteiger partial charge is 0.489 e. The minimum atomic E-state index is 0.390. The van der Waals surface area contributed by atoms with Crippen LogP contribution in [0.1, 0.15) is 39.0 Å². The summed E-state index contributed by atoms with van der Waals surface area (Å²) in [7, 11) is 0. The standard InChI is InChI=1S/C13H18BrNO/c1-2-10-4-3-5-11(8-10)16-12-6-7-13(14)15-9-12/h6-7,9-11H,2-5,8H2,1H3. The number of nitrogens with zero attached hydrogens (tertiary/aromatic N) is 1. The van der Waals surface area contributed by atoms with E-state index in [4.69, 9.17) is 4.74 Å². The molecule has 1 aromatic heterocycles. The van der Waals surface area contributed by atoms with E-state index in [2.05, 4.69) is 27.8 Å². The van der Waals surface area contributed by atoms with Crippen molar-refractivity contribution in [2.45, 2.75) is 45.1 Å². The Hall–Kier alpha value is -0.570. The van der Waals surface area contributed by atoms with Crippen LogP contribution < -0.4 is 4.74 Å². The smallest absolute Gasteiger partial charge is 0.138 e. The van der Waals surface area contributed by atoms with Crippen molar-refractivity contribution in [3.63, 3.8) is 0 Å². The first-order valence-corrected chi connectivity index (χ1v) is 6.85. The molecule has 1 aromatic rings. The maximum Gasteiger partial charge on any atom is 0.138 e. The number of halogens is 1. The average molecular weight is 284 g/mol. The molecular weight excluding hydrogens is 266 g/mol. The molecule has 0 bridgehead atoms. The van der Waals surface area contributed by atoms with Gasteiger partial charge in [0.2, 0.25) is 0 Å². The Labute approximate surface area is 106 Å². The lowest BCUT2D eigenvalue weighted by Gasteiger charge is -2.28. The predicted octanol–water partition coefficient (Wildman–Crippen LogP) is 4.19. The maximum atomic E-state index is 5.96. The van der Waals surface area contributed by atoms with E-state index >= 15 is 0 Å². The summed E-state index contributed by atoms with van der Waals surface area (Å²) in [6, 6.07) is 3.90. The third kappa shape index (κ3) is 3.21. The van der Waals surface area contributed by atoms with Gasteiger partial charge in [-0.3, -0.25) is 0 Å². The summed E-state index contributed by atoms with van der Waals surface area (Å²) in [6.45, 7) is 2.27. The van der Waals surface area contributed by atoms with E-state index in [-0.39, 0.29) is 0 Å². The lowest BCUT2D eigenvalue weighted by atomic mass is 9.85. The molecule has 88 valence electrons. The minimum absolute atomic E-state index is 0.390. The molecule has 1 aliphatic rings. The van der Waals surface area contributed by atoms with Gasteiger partial charge in [0.15, 0.2) is 0 Å². The van der Waals surface area contributed by atoms with Gasteiger partial charge < -0.3 is 4.74 Å². The van der Waals surface area contributed by atoms with Gasteiger partial charge in [-0.1, -0.05) is 19.8 Å². The number of hydrogen-bond acceptors (Lipinski definition) is 2. The molecule has 1 saturated carbocycles. The van der Waals surface area contributed by atoms with Gasteiger partial charge in [0, 0.05) is 0 Å². The highest BCUT2D eigenvalue weighted by molar-refractivity contribution is 9.10. The Bertz CT molecular complexity index is 325. The summed E-state index contributed by atoms with van der Waals surface area (Å²) in [5, 5.41) is 0. The van der Waals surface area contributed by atoms with E-state index in [1.54, 1.807) is 6.20 Å². The summed E-state index contributed by atoms with van der Waals surface area (Å²) < 4.78 is 6.82. The summed E-state index contributed by atoms with van der Waals surface area (Å²) in [5.41, 5.74) is 0. The van der Waals surface area contributed by atoms with Crippen molar-refractivity contribution in [3.8, 4) is 5.75 Å². The van der Waals surface area contributed by atoms with Crippen molar-refractivity contribution in [1.29, 1.82) is 0 Å². The van der Waals surface area contributed by atoms with Crippen LogP contribution in [0.25, 0.3) is 0 Å². The number of pyridine rings is 1. The molecule has 1 aliphatic carbocycles. The molecule has 1 fully saturated rings. The van der Waals surface area contributed by atoms with Crippen LogP contribution in [0.4, 0.5) is 0 Å². The Morgan fingerprint density at radius 1 is 1.44 bits per heavy atom. The van der Waals surface area contributed by atoms with Crippen molar-refractivity contribution < 1.29 is 4.74 Å². The van der Waals surface area contributed by atoms with E-state index in [9.17, 15) is 0 Å². The molecular formula is C13H18BrNO. The number of ether oxygens (including phenoxy) is 1. The Morgan fingerprint density at radius 2 is 2.31 bits per heavy atom. The van der Waals surface area contributed by atoms with Crippen LogP contribution in [0.15, 0.2) is 22.9 Å². The van der Waals surface area contributed by atoms with E-state index in [1.165, 1.54) is 32.1 Å². The molecule has 16 heavy (non-hydrogen) atoms. The van der Waals surface area contributed by atoms with E-state index < -0.39 is 0 Å². The normalized spacial score (nSPS) is 25.4. The van der Waals surface area contributed by atoms with Gasteiger partial charge in [-0.25, -0.2) is 4.98 Å². The second-order valence-corrected chi connectivity index (χ2v) is 5.31. The number of rotatable bonds is 3. The third-order valence-electron chi connectivity index (χ3n) is 3.32. The zero-order chi connectivity index (χ0) is 11.4. The maximum absolute atomic E-state index is 5.96. The molecule has 3 heteroatoms. The van der Waals surface area contributed by atoms with Crippen LogP contribution in [0.3, 0.4) is 0 Å². The first-order chi connectivity index (χ1) is 7.78. The summed E-state index contributed by atoms with van der Waals surface area (Å²) in [5.74, 6) is 1.74.